The molecule has 0 fully saturated rings. The van der Waals surface area contributed by atoms with Crippen molar-refractivity contribution in [3.63, 3.8) is 0 Å². The van der Waals surface area contributed by atoms with E-state index in [1.807, 2.05) is 0 Å². The van der Waals surface area contributed by atoms with Gasteiger partial charge in [0, 0.05) is 6.54 Å². The van der Waals surface area contributed by atoms with E-state index in [0.29, 0.717) is 5.56 Å². The summed E-state index contributed by atoms with van der Waals surface area (Å²) in [5.74, 6) is -0.456. The van der Waals surface area contributed by atoms with Crippen molar-refractivity contribution < 1.29 is 15.3 Å². The zero-order valence-electron chi connectivity index (χ0n) is 6.84. The van der Waals surface area contributed by atoms with Crippen LogP contribution in [-0.4, -0.2) is 21.9 Å². The molecule has 5 N–H and O–H groups in total. The monoisotopic (exact) mass is 204 g/mol. The van der Waals surface area contributed by atoms with Crippen molar-refractivity contribution in [3.05, 3.63) is 23.8 Å². The van der Waals surface area contributed by atoms with Crippen molar-refractivity contribution in [2.75, 3.05) is 6.54 Å². The summed E-state index contributed by atoms with van der Waals surface area (Å²) >= 11 is 0. The molecule has 1 aromatic carbocycles. The summed E-state index contributed by atoms with van der Waals surface area (Å²) in [4.78, 5) is 0. The summed E-state index contributed by atoms with van der Waals surface area (Å²) in [5.41, 5.74) is 5.69. The molecule has 0 aliphatic heterocycles. The van der Waals surface area contributed by atoms with Crippen LogP contribution in [0.15, 0.2) is 18.2 Å². The molecule has 0 amide bonds. The van der Waals surface area contributed by atoms with Gasteiger partial charge in [-0.15, -0.1) is 12.4 Å². The quantitative estimate of drug-likeness (QED) is 0.529. The summed E-state index contributed by atoms with van der Waals surface area (Å²) in [5, 5.41) is 27.2. The maximum Gasteiger partial charge on any atom is 0.157 e. The van der Waals surface area contributed by atoms with Crippen LogP contribution in [0.25, 0.3) is 0 Å². The van der Waals surface area contributed by atoms with E-state index in [4.69, 9.17) is 15.9 Å². The molecule has 0 radical (unpaired) electrons. The standard InChI is InChI=1S/C8H11NO3.ClH/c9-4-8(12)5-1-2-6(10)7(11)3-5;/h1-3,8,10-12H,4,9H2;1H/t8-;/m0./s1/i4-1;. The van der Waals surface area contributed by atoms with Gasteiger partial charge in [0.1, 0.15) is 0 Å². The van der Waals surface area contributed by atoms with Gasteiger partial charge in [-0.3, -0.25) is 0 Å². The largest absolute Gasteiger partial charge is 0.504 e. The zero-order chi connectivity index (χ0) is 9.14. The molecule has 4 nitrogen and oxygen atoms in total. The molecule has 0 spiro atoms. The predicted molar refractivity (Wildman–Crippen MR) is 51.0 cm³/mol. The van der Waals surface area contributed by atoms with E-state index in [-0.39, 0.29) is 30.5 Å². The Kier molecular flexibility index (Phi) is 4.55. The predicted octanol–water partition coefficient (Wildman–Crippen LogP) is 0.512. The fraction of sp³-hybridized carbons (Fsp3) is 0.250. The van der Waals surface area contributed by atoms with Gasteiger partial charge < -0.3 is 21.1 Å². The topological polar surface area (TPSA) is 86.7 Å². The Balaban J connectivity index is 0.00000144. The van der Waals surface area contributed by atoms with Gasteiger partial charge in [-0.2, -0.15) is 0 Å². The second kappa shape index (κ2) is 4.91. The number of nitrogens with two attached hydrogens (primary N) is 1. The minimum atomic E-state index is -0.795. The van der Waals surface area contributed by atoms with Crippen molar-refractivity contribution >= 4 is 12.4 Å². The Morgan fingerprint density at radius 3 is 2.31 bits per heavy atom. The molecule has 0 aliphatic carbocycles. The number of aliphatic hydroxyl groups excluding tert-OH is 1. The lowest BCUT2D eigenvalue weighted by molar-refractivity contribution is 0.186. The van der Waals surface area contributed by atoms with Crippen LogP contribution < -0.4 is 5.73 Å². The molecule has 0 heterocycles. The zero-order valence-corrected chi connectivity index (χ0v) is 7.66. The molecule has 0 bridgehead atoms. The Labute approximate surface area is 82.0 Å². The molecule has 1 aromatic rings. The third-order valence-electron chi connectivity index (χ3n) is 1.61. The molecular weight excluding hydrogens is 193 g/mol. The molecule has 0 saturated carbocycles. The molecular formula is C8H12ClNO3. The van der Waals surface area contributed by atoms with Crippen molar-refractivity contribution in [3.8, 4) is 11.5 Å². The number of hydrogen-bond donors (Lipinski definition) is 4. The maximum atomic E-state index is 9.23. The Morgan fingerprint density at radius 2 is 1.85 bits per heavy atom. The van der Waals surface area contributed by atoms with Crippen molar-refractivity contribution in [2.45, 2.75) is 6.10 Å². The molecule has 1 atom stereocenters. The van der Waals surface area contributed by atoms with Crippen molar-refractivity contribution in [2.24, 2.45) is 5.73 Å². The highest BCUT2D eigenvalue weighted by Gasteiger charge is 2.07. The van der Waals surface area contributed by atoms with Crippen molar-refractivity contribution in [1.29, 1.82) is 0 Å². The fourth-order valence-corrected chi connectivity index (χ4v) is 0.884. The van der Waals surface area contributed by atoms with Crippen molar-refractivity contribution in [1.82, 2.24) is 0 Å². The number of benzene rings is 1. The highest BCUT2D eigenvalue weighted by Crippen LogP contribution is 2.27. The van der Waals surface area contributed by atoms with Crippen LogP contribution >= 0.6 is 12.4 Å². The molecule has 0 unspecified atom stereocenters. The molecule has 0 aromatic heterocycles. The summed E-state index contributed by atoms with van der Waals surface area (Å²) in [6.45, 7) is 0.0875. The average molecular weight is 205 g/mol. The number of hydrogen-bond acceptors (Lipinski definition) is 4. The van der Waals surface area contributed by atoms with Crippen LogP contribution in [0.3, 0.4) is 0 Å². The van der Waals surface area contributed by atoms with E-state index in [1.54, 1.807) is 0 Å². The van der Waals surface area contributed by atoms with E-state index in [9.17, 15) is 5.11 Å². The molecule has 13 heavy (non-hydrogen) atoms. The van der Waals surface area contributed by atoms with Gasteiger partial charge in [-0.25, -0.2) is 0 Å². The fourth-order valence-electron chi connectivity index (χ4n) is 0.884. The normalized spacial score (nSPS) is 11.8. The molecule has 5 heteroatoms. The summed E-state index contributed by atoms with van der Waals surface area (Å²) in [7, 11) is 0. The first-order valence-electron chi connectivity index (χ1n) is 3.55. The highest BCUT2D eigenvalue weighted by molar-refractivity contribution is 5.85. The number of halogens is 1. The minimum absolute atomic E-state index is 0. The number of phenols is 2. The summed E-state index contributed by atoms with van der Waals surface area (Å²) in [6.07, 6.45) is -0.795. The van der Waals surface area contributed by atoms with E-state index in [0.717, 1.165) is 0 Å². The number of phenolic OH excluding ortho intramolecular Hbond substituents is 2. The Hall–Kier alpha value is -0.970. The van der Waals surface area contributed by atoms with Gasteiger partial charge in [-0.1, -0.05) is 6.07 Å². The Bertz CT molecular complexity index is 280. The van der Waals surface area contributed by atoms with E-state index in [2.05, 4.69) is 0 Å². The third kappa shape index (κ3) is 2.77. The Morgan fingerprint density at radius 1 is 1.23 bits per heavy atom. The lowest BCUT2D eigenvalue weighted by Crippen LogP contribution is -2.11. The first kappa shape index (κ1) is 12.0. The highest BCUT2D eigenvalue weighted by atomic mass is 35.5. The average Bonchev–Trinajstić information content (AvgIpc) is 2.08. The number of aromatic hydroxyl groups is 2. The van der Waals surface area contributed by atoms with Crippen LogP contribution in [0.4, 0.5) is 0 Å². The first-order valence-corrected chi connectivity index (χ1v) is 3.55. The van der Waals surface area contributed by atoms with Gasteiger partial charge in [-0.05, 0) is 17.7 Å². The molecule has 0 aliphatic rings. The van der Waals surface area contributed by atoms with Crippen LogP contribution in [-0.2, 0) is 0 Å². The first-order chi connectivity index (χ1) is 5.65. The van der Waals surface area contributed by atoms with Crippen LogP contribution in [0, 0.1) is 0 Å². The van der Waals surface area contributed by atoms with E-state index < -0.39 is 6.10 Å². The summed E-state index contributed by atoms with van der Waals surface area (Å²) < 4.78 is 0. The van der Waals surface area contributed by atoms with Gasteiger partial charge in [0.25, 0.3) is 0 Å². The minimum Gasteiger partial charge on any atom is -0.504 e. The third-order valence-corrected chi connectivity index (χ3v) is 1.61. The maximum absolute atomic E-state index is 9.23. The van der Waals surface area contributed by atoms with Gasteiger partial charge in [0.05, 0.1) is 6.10 Å². The lowest BCUT2D eigenvalue weighted by atomic mass is 9.91. The van der Waals surface area contributed by atoms with Crippen LogP contribution in [0.2, 0.25) is 0 Å². The number of rotatable bonds is 2. The van der Waals surface area contributed by atoms with Gasteiger partial charge >= 0.3 is 0 Å². The van der Waals surface area contributed by atoms with E-state index >= 15 is 0 Å². The molecule has 74 valence electrons. The van der Waals surface area contributed by atoms with Crippen LogP contribution in [0.1, 0.15) is 11.7 Å². The lowest BCUT2D eigenvalue weighted by Gasteiger charge is -2.08. The molecule has 0 saturated heterocycles. The smallest absolute Gasteiger partial charge is 0.157 e. The second-order valence-corrected chi connectivity index (χ2v) is 2.50. The SMILES string of the molecule is Cl.N[11CH2][C@H](O)c1ccc(O)c(O)c1. The van der Waals surface area contributed by atoms with Gasteiger partial charge in [0.15, 0.2) is 11.5 Å². The molecule has 1 rings (SSSR count). The van der Waals surface area contributed by atoms with E-state index in [1.165, 1.54) is 18.2 Å². The summed E-state index contributed by atoms with van der Waals surface area (Å²) in [6, 6.07) is 4.10. The number of aliphatic hydroxyl groups is 1. The second-order valence-electron chi connectivity index (χ2n) is 2.50. The van der Waals surface area contributed by atoms with Crippen LogP contribution in [0.5, 0.6) is 11.5 Å². The van der Waals surface area contributed by atoms with Gasteiger partial charge in [0.2, 0.25) is 0 Å².